The van der Waals surface area contributed by atoms with Crippen LogP contribution in [0.3, 0.4) is 0 Å². The minimum Gasteiger partial charge on any atom is -0.357 e. The molecule has 0 saturated carbocycles. The number of hydrogen-bond donors (Lipinski definition) is 1. The molecular weight excluding hydrogens is 505 g/mol. The van der Waals surface area contributed by atoms with Crippen LogP contribution < -0.4 is 10.2 Å². The van der Waals surface area contributed by atoms with Crippen LogP contribution in [0.4, 0.5) is 10.8 Å². The van der Waals surface area contributed by atoms with E-state index in [1.54, 1.807) is 12.1 Å². The van der Waals surface area contributed by atoms with Crippen LogP contribution in [0.15, 0.2) is 29.3 Å². The van der Waals surface area contributed by atoms with Crippen molar-refractivity contribution in [1.82, 2.24) is 19.6 Å². The highest BCUT2D eigenvalue weighted by Gasteiger charge is 2.22. The Bertz CT molecular complexity index is 820. The Hall–Kier alpha value is -2.02. The summed E-state index contributed by atoms with van der Waals surface area (Å²) < 4.78 is 4.37. The lowest BCUT2D eigenvalue weighted by Gasteiger charge is -2.36. The van der Waals surface area contributed by atoms with Crippen molar-refractivity contribution in [2.24, 2.45) is 4.99 Å². The van der Waals surface area contributed by atoms with E-state index in [9.17, 15) is 10.1 Å². The highest BCUT2D eigenvalue weighted by Crippen LogP contribution is 2.19. The SMILES string of the molecule is CCNC(=NCc1ccc([N+](=O)[O-])cc1)N1CCN(c2nc(CC)ns2)CC1.I. The van der Waals surface area contributed by atoms with Gasteiger partial charge in [-0.2, -0.15) is 4.37 Å². The number of nitro groups is 1. The number of nitro benzene ring substituents is 1. The molecular formula is C18H26IN7O2S. The standard InChI is InChI=1S/C18H25N7O2S.HI/c1-3-16-21-18(28-22-16)24-11-9-23(10-12-24)17(19-4-2)20-13-14-5-7-15(8-6-14)25(26)27;/h5-8H,3-4,9-13H2,1-2H3,(H,19,20);1H. The van der Waals surface area contributed by atoms with Gasteiger partial charge in [0.1, 0.15) is 5.82 Å². The van der Waals surface area contributed by atoms with Crippen LogP contribution in [0, 0.1) is 10.1 Å². The number of anilines is 1. The number of benzene rings is 1. The van der Waals surface area contributed by atoms with Gasteiger partial charge in [0.15, 0.2) is 5.96 Å². The Morgan fingerprint density at radius 2 is 1.93 bits per heavy atom. The number of non-ortho nitro benzene ring substituents is 1. The summed E-state index contributed by atoms with van der Waals surface area (Å²) in [6.07, 6.45) is 0.857. The minimum atomic E-state index is -0.391. The van der Waals surface area contributed by atoms with Crippen molar-refractivity contribution in [3.63, 3.8) is 0 Å². The lowest BCUT2D eigenvalue weighted by Crippen LogP contribution is -2.52. The summed E-state index contributed by atoms with van der Waals surface area (Å²) in [7, 11) is 0. The average molecular weight is 531 g/mol. The van der Waals surface area contributed by atoms with E-state index in [-0.39, 0.29) is 29.7 Å². The molecule has 0 bridgehead atoms. The minimum absolute atomic E-state index is 0. The third-order valence-corrected chi connectivity index (χ3v) is 5.33. The molecule has 0 amide bonds. The zero-order valence-corrected chi connectivity index (χ0v) is 19.7. The average Bonchev–Trinajstić information content (AvgIpc) is 3.21. The monoisotopic (exact) mass is 531 g/mol. The fourth-order valence-corrected chi connectivity index (χ4v) is 3.74. The molecule has 0 spiro atoms. The first-order valence-corrected chi connectivity index (χ1v) is 10.2. The lowest BCUT2D eigenvalue weighted by atomic mass is 10.2. The highest BCUT2D eigenvalue weighted by atomic mass is 127. The molecule has 0 aliphatic carbocycles. The summed E-state index contributed by atoms with van der Waals surface area (Å²) in [6, 6.07) is 6.54. The highest BCUT2D eigenvalue weighted by molar-refractivity contribution is 14.0. The largest absolute Gasteiger partial charge is 0.357 e. The molecule has 1 N–H and O–H groups in total. The van der Waals surface area contributed by atoms with Gasteiger partial charge >= 0.3 is 0 Å². The molecule has 1 saturated heterocycles. The van der Waals surface area contributed by atoms with Crippen molar-refractivity contribution in [3.05, 3.63) is 45.8 Å². The number of rotatable bonds is 6. The summed E-state index contributed by atoms with van der Waals surface area (Å²) in [4.78, 5) is 24.2. The molecule has 1 aromatic carbocycles. The molecule has 2 heterocycles. The van der Waals surface area contributed by atoms with Crippen LogP contribution in [0.5, 0.6) is 0 Å². The normalized spacial score (nSPS) is 14.5. The molecule has 0 unspecified atom stereocenters. The first kappa shape index (κ1) is 23.3. The molecule has 3 rings (SSSR count). The second-order valence-corrected chi connectivity index (χ2v) is 7.14. The van der Waals surface area contributed by atoms with E-state index in [0.717, 1.165) is 61.6 Å². The number of guanidine groups is 1. The third-order valence-electron chi connectivity index (χ3n) is 4.52. The van der Waals surface area contributed by atoms with Crippen molar-refractivity contribution in [1.29, 1.82) is 0 Å². The number of nitrogens with one attached hydrogen (secondary N) is 1. The number of aromatic nitrogens is 2. The molecule has 0 radical (unpaired) electrons. The van der Waals surface area contributed by atoms with Crippen LogP contribution in [0.25, 0.3) is 0 Å². The van der Waals surface area contributed by atoms with E-state index in [2.05, 4.69) is 31.4 Å². The summed E-state index contributed by atoms with van der Waals surface area (Å²) >= 11 is 1.46. The molecule has 1 aliphatic heterocycles. The summed E-state index contributed by atoms with van der Waals surface area (Å²) in [6.45, 7) is 8.84. The summed E-state index contributed by atoms with van der Waals surface area (Å²) in [5, 5.41) is 15.1. The molecule has 0 atom stereocenters. The second kappa shape index (κ2) is 11.2. The molecule has 11 heteroatoms. The molecule has 29 heavy (non-hydrogen) atoms. The molecule has 2 aromatic rings. The smallest absolute Gasteiger partial charge is 0.269 e. The molecule has 1 aromatic heterocycles. The fourth-order valence-electron chi connectivity index (χ4n) is 2.94. The molecule has 1 aliphatic rings. The van der Waals surface area contributed by atoms with Crippen LogP contribution in [-0.4, -0.2) is 57.9 Å². The van der Waals surface area contributed by atoms with E-state index in [0.29, 0.717) is 6.54 Å². The van der Waals surface area contributed by atoms with Gasteiger partial charge in [-0.3, -0.25) is 10.1 Å². The third kappa shape index (κ3) is 6.23. The van der Waals surface area contributed by atoms with Crippen LogP contribution >= 0.6 is 35.5 Å². The van der Waals surface area contributed by atoms with Crippen LogP contribution in [-0.2, 0) is 13.0 Å². The molecule has 9 nitrogen and oxygen atoms in total. The van der Waals surface area contributed by atoms with Gasteiger partial charge in [0.2, 0.25) is 5.13 Å². The van der Waals surface area contributed by atoms with E-state index in [1.807, 2.05) is 6.92 Å². The van der Waals surface area contributed by atoms with E-state index < -0.39 is 4.92 Å². The summed E-state index contributed by atoms with van der Waals surface area (Å²) in [5.74, 6) is 1.77. The maximum Gasteiger partial charge on any atom is 0.269 e. The maximum atomic E-state index is 10.8. The predicted octanol–water partition coefficient (Wildman–Crippen LogP) is 2.91. The summed E-state index contributed by atoms with van der Waals surface area (Å²) in [5.41, 5.74) is 1.04. The molecule has 1 fully saturated rings. The number of aryl methyl sites for hydroxylation is 1. The number of halogens is 1. The Labute approximate surface area is 191 Å². The van der Waals surface area contributed by atoms with Crippen molar-refractivity contribution in [3.8, 4) is 0 Å². The topological polar surface area (TPSA) is 99.8 Å². The number of nitrogens with zero attached hydrogens (tertiary/aromatic N) is 6. The molecule has 158 valence electrons. The van der Waals surface area contributed by atoms with Crippen LogP contribution in [0.2, 0.25) is 0 Å². The first-order chi connectivity index (χ1) is 13.6. The van der Waals surface area contributed by atoms with Gasteiger partial charge in [-0.05, 0) is 12.5 Å². The Balaban J connectivity index is 0.00000300. The first-order valence-electron chi connectivity index (χ1n) is 9.44. The number of aliphatic imine (C=N–C) groups is 1. The maximum absolute atomic E-state index is 10.8. The van der Waals surface area contributed by atoms with Gasteiger partial charge in [-0.15, -0.1) is 24.0 Å². The Kier molecular flexibility index (Phi) is 9.01. The van der Waals surface area contributed by atoms with E-state index in [1.165, 1.54) is 23.7 Å². The Morgan fingerprint density at radius 1 is 1.24 bits per heavy atom. The van der Waals surface area contributed by atoms with Gasteiger partial charge in [0, 0.05) is 62.8 Å². The van der Waals surface area contributed by atoms with Crippen molar-refractivity contribution in [2.75, 3.05) is 37.6 Å². The number of piperazine rings is 1. The fraction of sp³-hybridized carbons (Fsp3) is 0.500. The van der Waals surface area contributed by atoms with Gasteiger partial charge in [-0.25, -0.2) is 9.98 Å². The zero-order valence-electron chi connectivity index (χ0n) is 16.6. The number of hydrogen-bond acceptors (Lipinski definition) is 7. The van der Waals surface area contributed by atoms with Gasteiger partial charge in [0.05, 0.1) is 11.5 Å². The van der Waals surface area contributed by atoms with Gasteiger partial charge < -0.3 is 15.1 Å². The van der Waals surface area contributed by atoms with Crippen molar-refractivity contribution < 1.29 is 4.92 Å². The van der Waals surface area contributed by atoms with E-state index >= 15 is 0 Å². The second-order valence-electron chi connectivity index (χ2n) is 6.41. The van der Waals surface area contributed by atoms with Gasteiger partial charge in [0.25, 0.3) is 5.69 Å². The van der Waals surface area contributed by atoms with Crippen molar-refractivity contribution >= 4 is 52.3 Å². The van der Waals surface area contributed by atoms with Gasteiger partial charge in [-0.1, -0.05) is 19.1 Å². The zero-order chi connectivity index (χ0) is 19.9. The lowest BCUT2D eigenvalue weighted by molar-refractivity contribution is -0.384. The van der Waals surface area contributed by atoms with Crippen LogP contribution in [0.1, 0.15) is 25.2 Å². The quantitative estimate of drug-likeness (QED) is 0.201. The van der Waals surface area contributed by atoms with E-state index in [4.69, 9.17) is 4.99 Å². The predicted molar refractivity (Wildman–Crippen MR) is 126 cm³/mol. The van der Waals surface area contributed by atoms with Crippen molar-refractivity contribution in [2.45, 2.75) is 26.8 Å². The Morgan fingerprint density at radius 3 is 2.48 bits per heavy atom.